The molecule has 1 aliphatic heterocycles. The van der Waals surface area contributed by atoms with Gasteiger partial charge in [0.2, 0.25) is 5.91 Å². The highest BCUT2D eigenvalue weighted by Crippen LogP contribution is 2.31. The van der Waals surface area contributed by atoms with Crippen LogP contribution in [0.1, 0.15) is 33.1 Å². The Labute approximate surface area is 148 Å². The maximum atomic E-state index is 12.3. The molecule has 1 amide bonds. The topological polar surface area (TPSA) is 95.7 Å². The minimum absolute atomic E-state index is 0.0413. The van der Waals surface area contributed by atoms with E-state index in [1.165, 1.54) is 6.07 Å². The van der Waals surface area contributed by atoms with Gasteiger partial charge in [0.25, 0.3) is 5.69 Å². The van der Waals surface area contributed by atoms with Crippen molar-refractivity contribution in [3.8, 4) is 0 Å². The van der Waals surface area contributed by atoms with Crippen LogP contribution in [0.15, 0.2) is 24.3 Å². The molecule has 0 spiro atoms. The number of aliphatic hydroxyl groups excluding tert-OH is 1. The van der Waals surface area contributed by atoms with Gasteiger partial charge in [0.05, 0.1) is 11.0 Å². The van der Waals surface area contributed by atoms with E-state index in [4.69, 9.17) is 0 Å². The Balaban J connectivity index is 1.85. The summed E-state index contributed by atoms with van der Waals surface area (Å²) in [6.45, 7) is 5.58. The van der Waals surface area contributed by atoms with E-state index >= 15 is 0 Å². The zero-order chi connectivity index (χ0) is 18.4. The molecule has 138 valence electrons. The van der Waals surface area contributed by atoms with E-state index in [1.807, 2.05) is 11.8 Å². The lowest BCUT2D eigenvalue weighted by Gasteiger charge is -2.32. The number of hydrogen-bond acceptors (Lipinski definition) is 5. The van der Waals surface area contributed by atoms with Gasteiger partial charge >= 0.3 is 0 Å². The summed E-state index contributed by atoms with van der Waals surface area (Å²) in [5.41, 5.74) is 0.731. The SMILES string of the molecule is CC(O)CC(C)CNC(=O)C1CCN(c2ccccc2[N+](=O)[O-])CC1. The minimum Gasteiger partial charge on any atom is -0.393 e. The fraction of sp³-hybridized carbons (Fsp3) is 0.611. The Bertz CT molecular complexity index is 598. The van der Waals surface area contributed by atoms with Crippen LogP contribution >= 0.6 is 0 Å². The van der Waals surface area contributed by atoms with E-state index in [1.54, 1.807) is 25.1 Å². The minimum atomic E-state index is -0.364. The number of anilines is 1. The standard InChI is InChI=1S/C18H27N3O4/c1-13(11-14(2)22)12-19-18(23)15-7-9-20(10-8-15)16-5-3-4-6-17(16)21(24)25/h3-6,13-15,22H,7-12H2,1-2H3,(H,19,23). The van der Waals surface area contributed by atoms with Crippen molar-refractivity contribution in [1.29, 1.82) is 0 Å². The van der Waals surface area contributed by atoms with Crippen molar-refractivity contribution in [2.45, 2.75) is 39.2 Å². The van der Waals surface area contributed by atoms with Crippen molar-refractivity contribution >= 4 is 17.3 Å². The second-order valence-corrected chi connectivity index (χ2v) is 6.94. The summed E-state index contributed by atoms with van der Waals surface area (Å²) in [5, 5.41) is 23.5. The highest BCUT2D eigenvalue weighted by molar-refractivity contribution is 5.79. The zero-order valence-corrected chi connectivity index (χ0v) is 14.9. The van der Waals surface area contributed by atoms with E-state index in [9.17, 15) is 20.0 Å². The molecule has 2 rings (SSSR count). The molecule has 0 saturated carbocycles. The summed E-state index contributed by atoms with van der Waals surface area (Å²) < 4.78 is 0. The Morgan fingerprint density at radius 3 is 2.60 bits per heavy atom. The fourth-order valence-corrected chi connectivity index (χ4v) is 3.35. The molecule has 1 aromatic carbocycles. The van der Waals surface area contributed by atoms with Gasteiger partial charge in [-0.05, 0) is 38.2 Å². The van der Waals surface area contributed by atoms with Crippen LogP contribution in [0.25, 0.3) is 0 Å². The van der Waals surface area contributed by atoms with E-state index in [0.29, 0.717) is 44.6 Å². The lowest BCUT2D eigenvalue weighted by molar-refractivity contribution is -0.384. The molecule has 1 heterocycles. The molecular formula is C18H27N3O4. The normalized spacial score (nSPS) is 17.8. The third-order valence-corrected chi connectivity index (χ3v) is 4.65. The first-order valence-electron chi connectivity index (χ1n) is 8.82. The molecule has 25 heavy (non-hydrogen) atoms. The summed E-state index contributed by atoms with van der Waals surface area (Å²) in [5.74, 6) is 0.216. The van der Waals surface area contributed by atoms with Crippen LogP contribution in [-0.2, 0) is 4.79 Å². The predicted molar refractivity (Wildman–Crippen MR) is 96.5 cm³/mol. The summed E-state index contributed by atoms with van der Waals surface area (Å²) in [6, 6.07) is 6.73. The maximum Gasteiger partial charge on any atom is 0.292 e. The average molecular weight is 349 g/mol. The Hall–Kier alpha value is -2.15. The number of nitrogens with one attached hydrogen (secondary N) is 1. The first-order chi connectivity index (χ1) is 11.9. The largest absolute Gasteiger partial charge is 0.393 e. The molecule has 0 aromatic heterocycles. The number of carbonyl (C=O) groups excluding carboxylic acids is 1. The van der Waals surface area contributed by atoms with Gasteiger partial charge in [-0.15, -0.1) is 0 Å². The van der Waals surface area contributed by atoms with Crippen molar-refractivity contribution in [2.75, 3.05) is 24.5 Å². The summed E-state index contributed by atoms with van der Waals surface area (Å²) >= 11 is 0. The van der Waals surface area contributed by atoms with Gasteiger partial charge in [-0.25, -0.2) is 0 Å². The molecule has 2 N–H and O–H groups in total. The maximum absolute atomic E-state index is 12.3. The van der Waals surface area contributed by atoms with Crippen LogP contribution in [-0.4, -0.2) is 41.7 Å². The zero-order valence-electron chi connectivity index (χ0n) is 14.9. The third-order valence-electron chi connectivity index (χ3n) is 4.65. The van der Waals surface area contributed by atoms with Gasteiger partial charge in [-0.2, -0.15) is 0 Å². The van der Waals surface area contributed by atoms with Crippen molar-refractivity contribution in [3.63, 3.8) is 0 Å². The van der Waals surface area contributed by atoms with Crippen molar-refractivity contribution in [2.24, 2.45) is 11.8 Å². The van der Waals surface area contributed by atoms with Gasteiger partial charge in [-0.1, -0.05) is 19.1 Å². The van der Waals surface area contributed by atoms with Gasteiger partial charge in [0, 0.05) is 31.6 Å². The molecule has 0 radical (unpaired) electrons. The number of piperidine rings is 1. The molecular weight excluding hydrogens is 322 g/mol. The second-order valence-electron chi connectivity index (χ2n) is 6.94. The quantitative estimate of drug-likeness (QED) is 0.582. The van der Waals surface area contributed by atoms with E-state index in [-0.39, 0.29) is 34.5 Å². The van der Waals surface area contributed by atoms with Crippen LogP contribution in [0.2, 0.25) is 0 Å². The molecule has 0 aliphatic carbocycles. The number of nitrogens with zero attached hydrogens (tertiary/aromatic N) is 2. The molecule has 1 aliphatic rings. The Morgan fingerprint density at radius 1 is 1.36 bits per heavy atom. The molecule has 0 bridgehead atoms. The highest BCUT2D eigenvalue weighted by atomic mass is 16.6. The first kappa shape index (κ1) is 19.2. The average Bonchev–Trinajstić information content (AvgIpc) is 2.59. The number of aliphatic hydroxyl groups is 1. The summed E-state index contributed by atoms with van der Waals surface area (Å²) in [7, 11) is 0. The number of nitro groups is 1. The number of benzene rings is 1. The monoisotopic (exact) mass is 349 g/mol. The van der Waals surface area contributed by atoms with Gasteiger partial charge in [0.1, 0.15) is 5.69 Å². The lowest BCUT2D eigenvalue weighted by atomic mass is 9.95. The highest BCUT2D eigenvalue weighted by Gasteiger charge is 2.28. The summed E-state index contributed by atoms with van der Waals surface area (Å²) in [4.78, 5) is 25.1. The molecule has 2 atom stereocenters. The van der Waals surface area contributed by atoms with Crippen molar-refractivity contribution in [1.82, 2.24) is 5.32 Å². The van der Waals surface area contributed by atoms with Crippen LogP contribution in [0.3, 0.4) is 0 Å². The van der Waals surface area contributed by atoms with E-state index in [0.717, 1.165) is 0 Å². The summed E-state index contributed by atoms with van der Waals surface area (Å²) in [6.07, 6.45) is 1.67. The predicted octanol–water partition coefficient (Wildman–Crippen LogP) is 2.33. The van der Waals surface area contributed by atoms with Crippen LogP contribution in [0.5, 0.6) is 0 Å². The Morgan fingerprint density at radius 2 is 2.00 bits per heavy atom. The van der Waals surface area contributed by atoms with Crippen LogP contribution < -0.4 is 10.2 Å². The number of para-hydroxylation sites is 2. The van der Waals surface area contributed by atoms with Gasteiger partial charge in [-0.3, -0.25) is 14.9 Å². The van der Waals surface area contributed by atoms with E-state index in [2.05, 4.69) is 5.32 Å². The third kappa shape index (κ3) is 5.42. The van der Waals surface area contributed by atoms with Gasteiger partial charge in [0.15, 0.2) is 0 Å². The number of hydrogen-bond donors (Lipinski definition) is 2. The van der Waals surface area contributed by atoms with E-state index < -0.39 is 0 Å². The molecule has 7 heteroatoms. The smallest absolute Gasteiger partial charge is 0.292 e. The second kappa shape index (κ2) is 8.80. The molecule has 1 fully saturated rings. The van der Waals surface area contributed by atoms with Crippen LogP contribution in [0.4, 0.5) is 11.4 Å². The number of carbonyl (C=O) groups is 1. The Kier molecular flexibility index (Phi) is 6.75. The number of amides is 1. The number of rotatable bonds is 7. The molecule has 2 unspecified atom stereocenters. The fourth-order valence-electron chi connectivity index (χ4n) is 3.35. The molecule has 1 saturated heterocycles. The first-order valence-corrected chi connectivity index (χ1v) is 8.82. The molecule has 1 aromatic rings. The lowest BCUT2D eigenvalue weighted by Crippen LogP contribution is -2.41. The number of nitro benzene ring substituents is 1. The molecule has 7 nitrogen and oxygen atoms in total. The van der Waals surface area contributed by atoms with Crippen molar-refractivity contribution in [3.05, 3.63) is 34.4 Å². The van der Waals surface area contributed by atoms with Crippen molar-refractivity contribution < 1.29 is 14.8 Å². The van der Waals surface area contributed by atoms with Crippen LogP contribution in [0, 0.1) is 22.0 Å². The van der Waals surface area contributed by atoms with Gasteiger partial charge < -0.3 is 15.3 Å².